The van der Waals surface area contributed by atoms with Crippen LogP contribution in [0.3, 0.4) is 0 Å². The van der Waals surface area contributed by atoms with Gasteiger partial charge in [-0.25, -0.2) is 4.79 Å². The van der Waals surface area contributed by atoms with Gasteiger partial charge < -0.3 is 4.74 Å². The zero-order chi connectivity index (χ0) is 26.5. The summed E-state index contributed by atoms with van der Waals surface area (Å²) in [6.07, 6.45) is 13.1. The molecule has 5 fully saturated rings. The summed E-state index contributed by atoms with van der Waals surface area (Å²) >= 11 is 11.7. The third-order valence-corrected chi connectivity index (χ3v) is 14.5. The van der Waals surface area contributed by atoms with Crippen LogP contribution < -0.4 is 0 Å². The van der Waals surface area contributed by atoms with Gasteiger partial charge in [-0.15, -0.1) is 0 Å². The Hall–Kier alpha value is 0.0500. The maximum absolute atomic E-state index is 12.3. The standard InChI is InChI=1S/C32H52Cl2O2/c1-19(2)20-11-14-29(5)17-18-31(7)21(25(20)29)9-10-23-30(6)15-13-24(36-27(35)26(33)34)28(3,4)22(30)12-16-32(23,31)8/h19-26H,9-18H2,1-8H3. The number of alkyl halides is 2. The summed E-state index contributed by atoms with van der Waals surface area (Å²) in [5.74, 6) is 4.32. The van der Waals surface area contributed by atoms with Crippen LogP contribution in [0.4, 0.5) is 0 Å². The average molecular weight is 540 g/mol. The normalized spacial score (nSPS) is 51.8. The molecule has 0 aromatic heterocycles. The molecule has 5 aliphatic rings. The zero-order valence-corrected chi connectivity index (χ0v) is 25.8. The Morgan fingerprint density at radius 3 is 2.11 bits per heavy atom. The maximum Gasteiger partial charge on any atom is 0.339 e. The van der Waals surface area contributed by atoms with E-state index in [9.17, 15) is 4.79 Å². The van der Waals surface area contributed by atoms with Crippen molar-refractivity contribution in [3.63, 3.8) is 0 Å². The van der Waals surface area contributed by atoms with Gasteiger partial charge in [0.05, 0.1) is 0 Å². The van der Waals surface area contributed by atoms with Crippen molar-refractivity contribution in [3.8, 4) is 0 Å². The van der Waals surface area contributed by atoms with E-state index in [0.29, 0.717) is 27.6 Å². The number of rotatable bonds is 3. The second kappa shape index (κ2) is 8.78. The Bertz CT molecular complexity index is 883. The lowest BCUT2D eigenvalue weighted by atomic mass is 9.32. The van der Waals surface area contributed by atoms with E-state index >= 15 is 0 Å². The lowest BCUT2D eigenvalue weighted by molar-refractivity contribution is -0.250. The Labute approximate surface area is 231 Å². The van der Waals surface area contributed by atoms with Gasteiger partial charge in [0.2, 0.25) is 4.84 Å². The predicted octanol–water partition coefficient (Wildman–Crippen LogP) is 9.46. The van der Waals surface area contributed by atoms with E-state index in [4.69, 9.17) is 27.9 Å². The van der Waals surface area contributed by atoms with Crippen molar-refractivity contribution in [2.24, 2.45) is 62.6 Å². The van der Waals surface area contributed by atoms with Crippen molar-refractivity contribution in [2.45, 2.75) is 131 Å². The van der Waals surface area contributed by atoms with Crippen LogP contribution >= 0.6 is 23.2 Å². The van der Waals surface area contributed by atoms with Gasteiger partial charge in [-0.05, 0) is 121 Å². The highest BCUT2D eigenvalue weighted by Gasteiger charge is 2.70. The summed E-state index contributed by atoms with van der Waals surface area (Å²) in [6, 6.07) is 0. The molecule has 0 radical (unpaired) electrons. The van der Waals surface area contributed by atoms with Gasteiger partial charge in [0.25, 0.3) is 0 Å². The fourth-order valence-corrected chi connectivity index (χ4v) is 12.2. The fraction of sp³-hybridized carbons (Fsp3) is 0.969. The van der Waals surface area contributed by atoms with Crippen LogP contribution in [0, 0.1) is 62.6 Å². The van der Waals surface area contributed by atoms with Gasteiger partial charge in [0.15, 0.2) is 0 Å². The molecule has 0 heterocycles. The minimum atomic E-state index is -1.10. The molecule has 0 amide bonds. The lowest BCUT2D eigenvalue weighted by Gasteiger charge is -2.73. The quantitative estimate of drug-likeness (QED) is 0.264. The molecule has 0 aromatic rings. The van der Waals surface area contributed by atoms with E-state index in [0.717, 1.165) is 42.4 Å². The first kappa shape index (κ1) is 27.6. The summed E-state index contributed by atoms with van der Waals surface area (Å²) in [7, 11) is 0. The van der Waals surface area contributed by atoms with Gasteiger partial charge in [0, 0.05) is 5.41 Å². The van der Waals surface area contributed by atoms with E-state index in [1.54, 1.807) is 0 Å². The topological polar surface area (TPSA) is 26.3 Å². The van der Waals surface area contributed by atoms with Crippen molar-refractivity contribution < 1.29 is 9.53 Å². The van der Waals surface area contributed by atoms with E-state index in [2.05, 4.69) is 55.4 Å². The van der Waals surface area contributed by atoms with Crippen molar-refractivity contribution in [2.75, 3.05) is 0 Å². The molecule has 10 atom stereocenters. The van der Waals surface area contributed by atoms with Gasteiger partial charge in [-0.3, -0.25) is 0 Å². The molecule has 5 aliphatic carbocycles. The van der Waals surface area contributed by atoms with E-state index < -0.39 is 10.8 Å². The highest BCUT2D eigenvalue weighted by molar-refractivity contribution is 6.52. The SMILES string of the molecule is CC(C)C1CCC2(C)CCC3(C)C(CCC4C5(C)CCC(OC(=O)C(Cl)Cl)C(C)(C)C5CCC43C)C12. The molecular formula is C32H52Cl2O2. The van der Waals surface area contributed by atoms with Crippen LogP contribution in [0.15, 0.2) is 0 Å². The monoisotopic (exact) mass is 538 g/mol. The van der Waals surface area contributed by atoms with Crippen LogP contribution in [-0.4, -0.2) is 16.9 Å². The number of fused-ring (bicyclic) bond motifs is 7. The average Bonchev–Trinajstić information content (AvgIpc) is 3.14. The summed E-state index contributed by atoms with van der Waals surface area (Å²) in [5, 5.41) is 0. The number of hydrogen-bond donors (Lipinski definition) is 0. The minimum absolute atomic E-state index is 0.0657. The highest BCUT2D eigenvalue weighted by Crippen LogP contribution is 2.77. The Balaban J connectivity index is 1.46. The van der Waals surface area contributed by atoms with E-state index in [1.165, 1.54) is 51.4 Å². The molecule has 0 spiro atoms. The predicted molar refractivity (Wildman–Crippen MR) is 150 cm³/mol. The third-order valence-electron chi connectivity index (χ3n) is 14.1. The number of hydrogen-bond acceptors (Lipinski definition) is 2. The molecule has 5 saturated carbocycles. The van der Waals surface area contributed by atoms with Crippen molar-refractivity contribution in [3.05, 3.63) is 0 Å². The first-order valence-electron chi connectivity index (χ1n) is 15.1. The first-order chi connectivity index (χ1) is 16.6. The molecule has 0 aliphatic heterocycles. The molecule has 0 bridgehead atoms. The second-order valence-corrected chi connectivity index (χ2v) is 17.0. The lowest BCUT2D eigenvalue weighted by Crippen LogP contribution is -2.66. The Kier molecular flexibility index (Phi) is 6.73. The maximum atomic E-state index is 12.3. The molecule has 4 heteroatoms. The van der Waals surface area contributed by atoms with Crippen molar-refractivity contribution in [1.29, 1.82) is 0 Å². The highest BCUT2D eigenvalue weighted by atomic mass is 35.5. The number of esters is 1. The fourth-order valence-electron chi connectivity index (χ4n) is 12.1. The van der Waals surface area contributed by atoms with Gasteiger partial charge in [0.1, 0.15) is 6.10 Å². The van der Waals surface area contributed by atoms with Gasteiger partial charge in [-0.1, -0.05) is 78.6 Å². The first-order valence-corrected chi connectivity index (χ1v) is 16.0. The molecule has 0 saturated heterocycles. The number of ether oxygens (including phenoxy) is 1. The molecular weight excluding hydrogens is 487 g/mol. The summed E-state index contributed by atoms with van der Waals surface area (Å²) in [5.41, 5.74) is 1.62. The smallest absolute Gasteiger partial charge is 0.339 e. The molecule has 36 heavy (non-hydrogen) atoms. The summed E-state index contributed by atoms with van der Waals surface area (Å²) < 4.78 is 5.92. The van der Waals surface area contributed by atoms with Crippen LogP contribution in [-0.2, 0) is 9.53 Å². The Morgan fingerprint density at radius 1 is 0.778 bits per heavy atom. The summed E-state index contributed by atoms with van der Waals surface area (Å²) in [6.45, 7) is 20.4. The van der Waals surface area contributed by atoms with Gasteiger partial charge >= 0.3 is 5.97 Å². The van der Waals surface area contributed by atoms with Crippen molar-refractivity contribution >= 4 is 29.2 Å². The molecule has 206 valence electrons. The summed E-state index contributed by atoms with van der Waals surface area (Å²) in [4.78, 5) is 11.2. The van der Waals surface area contributed by atoms with Crippen molar-refractivity contribution in [1.82, 2.24) is 0 Å². The minimum Gasteiger partial charge on any atom is -0.460 e. The van der Waals surface area contributed by atoms with Crippen LogP contribution in [0.1, 0.15) is 120 Å². The number of halogens is 2. The Morgan fingerprint density at radius 2 is 1.47 bits per heavy atom. The van der Waals surface area contributed by atoms with E-state index in [1.807, 2.05) is 0 Å². The van der Waals surface area contributed by atoms with Crippen LogP contribution in [0.2, 0.25) is 0 Å². The molecule has 2 nitrogen and oxygen atoms in total. The second-order valence-electron chi connectivity index (χ2n) is 15.9. The molecule has 5 rings (SSSR count). The van der Waals surface area contributed by atoms with E-state index in [-0.39, 0.29) is 11.5 Å². The molecule has 0 N–H and O–H groups in total. The van der Waals surface area contributed by atoms with Crippen LogP contribution in [0.5, 0.6) is 0 Å². The number of carbonyl (C=O) groups is 1. The largest absolute Gasteiger partial charge is 0.460 e. The zero-order valence-electron chi connectivity index (χ0n) is 24.3. The van der Waals surface area contributed by atoms with Crippen LogP contribution in [0.25, 0.3) is 0 Å². The third kappa shape index (κ3) is 3.64. The number of carbonyl (C=O) groups excluding carboxylic acids is 1. The molecule has 0 aromatic carbocycles. The molecule has 10 unspecified atom stereocenters. The van der Waals surface area contributed by atoms with Gasteiger partial charge in [-0.2, -0.15) is 0 Å².